The number of hydrogen-bond donors (Lipinski definition) is 0. The van der Waals surface area contributed by atoms with E-state index >= 15 is 0 Å². The van der Waals surface area contributed by atoms with Crippen molar-refractivity contribution in [2.24, 2.45) is 0 Å². The fourth-order valence-electron chi connectivity index (χ4n) is 1.10. The van der Waals surface area contributed by atoms with Gasteiger partial charge in [-0.05, 0) is 12.1 Å². The van der Waals surface area contributed by atoms with E-state index < -0.39 is 0 Å². The van der Waals surface area contributed by atoms with Crippen LogP contribution in [0.3, 0.4) is 0 Å². The molecule has 0 unspecified atom stereocenters. The van der Waals surface area contributed by atoms with E-state index in [-0.39, 0.29) is 9.67 Å². The molecule has 0 aromatic heterocycles. The maximum Gasteiger partial charge on any atom is 0.105 e. The Labute approximate surface area is 121 Å². The Bertz CT molecular complexity index is 269. The van der Waals surface area contributed by atoms with E-state index in [1.807, 2.05) is 0 Å². The molecule has 1 aromatic carbocycles. The van der Waals surface area contributed by atoms with Crippen LogP contribution in [-0.4, -0.2) is 28.7 Å². The van der Waals surface area contributed by atoms with Crippen molar-refractivity contribution < 1.29 is 0 Å². The molecule has 0 fully saturated rings. The third-order valence-corrected chi connectivity index (χ3v) is 6.17. The Balaban J connectivity index is 2.41. The van der Waals surface area contributed by atoms with Crippen molar-refractivity contribution in [1.82, 2.24) is 0 Å². The number of rotatable bonds is 6. The van der Waals surface area contributed by atoms with Gasteiger partial charge in [0, 0.05) is 0 Å². The minimum atomic E-state index is -0.270. The average Bonchev–Trinajstić information content (AvgIpc) is 2.25. The Morgan fingerprint density at radius 2 is 1.06 bits per heavy atom. The first-order valence-corrected chi connectivity index (χ1v) is 8.88. The Morgan fingerprint density at radius 1 is 0.750 bits per heavy atom. The molecular formula is C10H10Cl4Si2. The molecule has 0 amide bonds. The largest absolute Gasteiger partial charge is 0.106 e. The molecule has 0 saturated heterocycles. The molecule has 0 aliphatic heterocycles. The minimum absolute atomic E-state index is 0.270. The zero-order valence-corrected chi connectivity index (χ0v) is 13.4. The summed E-state index contributed by atoms with van der Waals surface area (Å²) in [5.41, 5.74) is 0. The predicted octanol–water partition coefficient (Wildman–Crippen LogP) is 2.79. The first kappa shape index (κ1) is 14.9. The second kappa shape index (κ2) is 8.01. The summed E-state index contributed by atoms with van der Waals surface area (Å²) >= 11 is 22.8. The maximum absolute atomic E-state index is 5.69. The first-order valence-electron chi connectivity index (χ1n) is 4.72. The van der Waals surface area contributed by atoms with Crippen LogP contribution >= 0.6 is 46.4 Å². The topological polar surface area (TPSA) is 0 Å². The Hall–Kier alpha value is 0.814. The van der Waals surface area contributed by atoms with E-state index in [0.717, 1.165) is 12.1 Å². The molecule has 1 aromatic rings. The molecule has 4 radical (unpaired) electrons. The highest BCUT2D eigenvalue weighted by Crippen LogP contribution is 2.07. The Morgan fingerprint density at radius 3 is 1.31 bits per heavy atom. The lowest BCUT2D eigenvalue weighted by Gasteiger charge is -2.04. The minimum Gasteiger partial charge on any atom is -0.106 e. The van der Waals surface area contributed by atoms with Gasteiger partial charge in [0.2, 0.25) is 0 Å². The quantitative estimate of drug-likeness (QED) is 0.556. The molecule has 1 rings (SSSR count). The van der Waals surface area contributed by atoms with Gasteiger partial charge >= 0.3 is 0 Å². The van der Waals surface area contributed by atoms with E-state index in [1.54, 1.807) is 0 Å². The van der Waals surface area contributed by atoms with Crippen LogP contribution in [0.2, 0.25) is 12.1 Å². The van der Waals surface area contributed by atoms with Crippen LogP contribution in [0.4, 0.5) is 0 Å². The predicted molar refractivity (Wildman–Crippen MR) is 77.8 cm³/mol. The summed E-state index contributed by atoms with van der Waals surface area (Å²) in [7, 11) is 1.33. The van der Waals surface area contributed by atoms with E-state index in [9.17, 15) is 0 Å². The molecule has 6 heteroatoms. The lowest BCUT2D eigenvalue weighted by molar-refractivity contribution is 1.35. The monoisotopic (exact) mass is 326 g/mol. The van der Waals surface area contributed by atoms with Crippen molar-refractivity contribution in [3.8, 4) is 0 Å². The lowest BCUT2D eigenvalue weighted by atomic mass is 10.4. The molecule has 0 bridgehead atoms. The highest BCUT2D eigenvalue weighted by atomic mass is 35.5. The average molecular weight is 328 g/mol. The smallest absolute Gasteiger partial charge is 0.105 e. The van der Waals surface area contributed by atoms with Crippen LogP contribution in [0.5, 0.6) is 0 Å². The normalized spacial score (nSPS) is 11.4. The molecule has 0 heterocycles. The number of hydrogen-bond acceptors (Lipinski definition) is 0. The van der Waals surface area contributed by atoms with E-state index in [4.69, 9.17) is 46.4 Å². The number of benzene rings is 1. The second-order valence-corrected chi connectivity index (χ2v) is 8.35. The summed E-state index contributed by atoms with van der Waals surface area (Å²) in [6, 6.07) is 10.1. The summed E-state index contributed by atoms with van der Waals surface area (Å²) in [6.07, 6.45) is 0. The van der Waals surface area contributed by atoms with Gasteiger partial charge in [-0.3, -0.25) is 0 Å². The van der Waals surface area contributed by atoms with Gasteiger partial charge < -0.3 is 0 Å². The molecule has 0 aliphatic carbocycles. The van der Waals surface area contributed by atoms with Gasteiger partial charge in [-0.25, -0.2) is 0 Å². The molecule has 0 atom stereocenters. The third kappa shape index (κ3) is 6.53. The number of halogens is 4. The van der Waals surface area contributed by atoms with Crippen molar-refractivity contribution in [2.45, 2.75) is 21.8 Å². The van der Waals surface area contributed by atoms with Gasteiger partial charge in [-0.2, -0.15) is 0 Å². The fraction of sp³-hybridized carbons (Fsp3) is 0.400. The summed E-state index contributed by atoms with van der Waals surface area (Å²) in [6.45, 7) is 0. The standard InChI is InChI=1S/C10H10Cl4Si2/c11-9(12)5-15-7-1-2-8(4-3-7)16-6-10(13)14/h1-4,9-10H,5-6H2. The van der Waals surface area contributed by atoms with Gasteiger partial charge in [-0.15, -0.1) is 46.4 Å². The van der Waals surface area contributed by atoms with Crippen molar-refractivity contribution in [1.29, 1.82) is 0 Å². The fourth-order valence-corrected chi connectivity index (χ4v) is 3.61. The maximum atomic E-state index is 5.69. The molecule has 0 spiro atoms. The van der Waals surface area contributed by atoms with Crippen LogP contribution < -0.4 is 10.4 Å². The van der Waals surface area contributed by atoms with Crippen molar-refractivity contribution >= 4 is 75.8 Å². The van der Waals surface area contributed by atoms with Gasteiger partial charge in [0.05, 0.1) is 19.0 Å². The first-order chi connectivity index (χ1) is 7.58. The van der Waals surface area contributed by atoms with Crippen LogP contribution in [-0.2, 0) is 0 Å². The van der Waals surface area contributed by atoms with Crippen LogP contribution in [0.1, 0.15) is 0 Å². The van der Waals surface area contributed by atoms with Crippen molar-refractivity contribution in [3.05, 3.63) is 24.3 Å². The van der Waals surface area contributed by atoms with Gasteiger partial charge in [-0.1, -0.05) is 34.6 Å². The summed E-state index contributed by atoms with van der Waals surface area (Å²) in [5, 5.41) is 2.57. The molecule has 0 nitrogen and oxygen atoms in total. The van der Waals surface area contributed by atoms with Crippen LogP contribution in [0.15, 0.2) is 24.3 Å². The van der Waals surface area contributed by atoms with Crippen molar-refractivity contribution in [3.63, 3.8) is 0 Å². The molecular weight excluding hydrogens is 318 g/mol. The molecule has 0 N–H and O–H groups in total. The lowest BCUT2D eigenvalue weighted by Crippen LogP contribution is -2.21. The third-order valence-electron chi connectivity index (χ3n) is 1.81. The Kier molecular flexibility index (Phi) is 7.45. The summed E-state index contributed by atoms with van der Waals surface area (Å²) in [5.74, 6) is 0. The van der Waals surface area contributed by atoms with E-state index in [1.165, 1.54) is 10.4 Å². The SMILES string of the molecule is ClC(Cl)C[Si]c1ccc([Si]CC(Cl)Cl)cc1. The van der Waals surface area contributed by atoms with Crippen molar-refractivity contribution in [2.75, 3.05) is 0 Å². The second-order valence-electron chi connectivity index (χ2n) is 3.12. The molecule has 16 heavy (non-hydrogen) atoms. The van der Waals surface area contributed by atoms with Gasteiger partial charge in [0.25, 0.3) is 0 Å². The number of alkyl halides is 4. The molecule has 0 saturated carbocycles. The van der Waals surface area contributed by atoms with Crippen LogP contribution in [0, 0.1) is 0 Å². The zero-order chi connectivity index (χ0) is 12.0. The van der Waals surface area contributed by atoms with E-state index in [0.29, 0.717) is 19.0 Å². The summed E-state index contributed by atoms with van der Waals surface area (Å²) < 4.78 is 0. The molecule has 86 valence electrons. The van der Waals surface area contributed by atoms with E-state index in [2.05, 4.69) is 24.3 Å². The summed E-state index contributed by atoms with van der Waals surface area (Å²) in [4.78, 5) is -0.540. The highest BCUT2D eigenvalue weighted by Gasteiger charge is 2.03. The molecule has 0 aliphatic rings. The highest BCUT2D eigenvalue weighted by molar-refractivity contribution is 6.60. The van der Waals surface area contributed by atoms with Crippen LogP contribution in [0.25, 0.3) is 0 Å². The zero-order valence-electron chi connectivity index (χ0n) is 8.39. The van der Waals surface area contributed by atoms with Gasteiger partial charge in [0.15, 0.2) is 0 Å². The van der Waals surface area contributed by atoms with Gasteiger partial charge in [0.1, 0.15) is 9.67 Å².